The largest absolute Gasteiger partial charge is 0.331 e. The average molecular weight is 253 g/mol. The van der Waals surface area contributed by atoms with Crippen LogP contribution in [0.2, 0.25) is 0 Å². The van der Waals surface area contributed by atoms with Gasteiger partial charge in [-0.15, -0.1) is 10.2 Å². The maximum Gasteiger partial charge on any atom is 0.317 e. The lowest BCUT2D eigenvalue weighted by atomic mass is 10.2. The van der Waals surface area contributed by atoms with Gasteiger partial charge in [0.15, 0.2) is 5.82 Å². The number of nitrogens with zero attached hydrogens (tertiary/aromatic N) is 4. The Balaban J connectivity index is 2.61. The van der Waals surface area contributed by atoms with Gasteiger partial charge in [0.1, 0.15) is 5.82 Å². The zero-order chi connectivity index (χ0) is 13.7. The zero-order valence-corrected chi connectivity index (χ0v) is 11.9. The van der Waals surface area contributed by atoms with Gasteiger partial charge in [-0.2, -0.15) is 0 Å². The van der Waals surface area contributed by atoms with Crippen molar-refractivity contribution < 1.29 is 4.79 Å². The molecule has 0 unspecified atom stereocenters. The Bertz CT molecular complexity index is 395. The smallest absolute Gasteiger partial charge is 0.317 e. The van der Waals surface area contributed by atoms with Crippen molar-refractivity contribution in [3.05, 3.63) is 11.6 Å². The van der Waals surface area contributed by atoms with Gasteiger partial charge in [0, 0.05) is 26.1 Å². The minimum atomic E-state index is -0.0610. The summed E-state index contributed by atoms with van der Waals surface area (Å²) in [5.41, 5.74) is 0. The van der Waals surface area contributed by atoms with Crippen LogP contribution in [-0.4, -0.2) is 38.8 Å². The SMILES string of the molecule is CCN(CC)C(=O)NCc1nnc(C(C)C)n1C. The lowest BCUT2D eigenvalue weighted by Crippen LogP contribution is -2.39. The second-order valence-electron chi connectivity index (χ2n) is 4.52. The van der Waals surface area contributed by atoms with Crippen LogP contribution >= 0.6 is 0 Å². The van der Waals surface area contributed by atoms with E-state index in [4.69, 9.17) is 0 Å². The molecule has 2 amide bonds. The van der Waals surface area contributed by atoms with Crippen LogP contribution in [-0.2, 0) is 13.6 Å². The van der Waals surface area contributed by atoms with Crippen LogP contribution in [0.3, 0.4) is 0 Å². The summed E-state index contributed by atoms with van der Waals surface area (Å²) < 4.78 is 1.94. The summed E-state index contributed by atoms with van der Waals surface area (Å²) in [4.78, 5) is 13.5. The highest BCUT2D eigenvalue weighted by molar-refractivity contribution is 5.73. The molecular weight excluding hydrogens is 230 g/mol. The molecular formula is C12H23N5O. The molecule has 0 radical (unpaired) electrons. The Labute approximate surface area is 108 Å². The maximum absolute atomic E-state index is 11.8. The Kier molecular flexibility index (Phi) is 5.12. The number of aromatic nitrogens is 3. The summed E-state index contributed by atoms with van der Waals surface area (Å²) in [5.74, 6) is 2.04. The van der Waals surface area contributed by atoms with E-state index >= 15 is 0 Å². The molecule has 0 atom stereocenters. The number of urea groups is 1. The lowest BCUT2D eigenvalue weighted by Gasteiger charge is -2.18. The number of carbonyl (C=O) groups is 1. The van der Waals surface area contributed by atoms with E-state index in [0.717, 1.165) is 11.6 Å². The van der Waals surface area contributed by atoms with Gasteiger partial charge in [-0.3, -0.25) is 0 Å². The van der Waals surface area contributed by atoms with E-state index in [2.05, 4.69) is 29.4 Å². The molecule has 0 aliphatic rings. The predicted molar refractivity (Wildman–Crippen MR) is 70.2 cm³/mol. The number of nitrogens with one attached hydrogen (secondary N) is 1. The van der Waals surface area contributed by atoms with Gasteiger partial charge in [0.2, 0.25) is 0 Å². The molecule has 1 aromatic heterocycles. The Hall–Kier alpha value is -1.59. The van der Waals surface area contributed by atoms with Gasteiger partial charge in [-0.1, -0.05) is 13.8 Å². The Morgan fingerprint density at radius 1 is 1.33 bits per heavy atom. The number of rotatable bonds is 5. The Morgan fingerprint density at radius 2 is 1.94 bits per heavy atom. The zero-order valence-electron chi connectivity index (χ0n) is 11.9. The van der Waals surface area contributed by atoms with E-state index in [1.165, 1.54) is 0 Å². The molecule has 1 rings (SSSR count). The fourth-order valence-corrected chi connectivity index (χ4v) is 1.81. The first-order valence-corrected chi connectivity index (χ1v) is 6.42. The fraction of sp³-hybridized carbons (Fsp3) is 0.750. The van der Waals surface area contributed by atoms with Crippen molar-refractivity contribution in [3.8, 4) is 0 Å². The summed E-state index contributed by atoms with van der Waals surface area (Å²) in [6, 6.07) is -0.0610. The van der Waals surface area contributed by atoms with Crippen molar-refractivity contribution in [1.29, 1.82) is 0 Å². The number of carbonyl (C=O) groups excluding carboxylic acids is 1. The molecule has 0 aliphatic heterocycles. The average Bonchev–Trinajstić information content (AvgIpc) is 2.69. The van der Waals surface area contributed by atoms with Crippen LogP contribution in [0.5, 0.6) is 0 Å². The molecule has 0 bridgehead atoms. The van der Waals surface area contributed by atoms with Crippen LogP contribution in [0.4, 0.5) is 4.79 Å². The third-order valence-electron chi connectivity index (χ3n) is 2.96. The third-order valence-corrected chi connectivity index (χ3v) is 2.96. The molecule has 1 heterocycles. The molecule has 0 spiro atoms. The maximum atomic E-state index is 11.8. The highest BCUT2D eigenvalue weighted by Crippen LogP contribution is 2.11. The van der Waals surface area contributed by atoms with E-state index in [1.807, 2.05) is 25.5 Å². The minimum absolute atomic E-state index is 0.0610. The van der Waals surface area contributed by atoms with Crippen LogP contribution in [0.25, 0.3) is 0 Å². The highest BCUT2D eigenvalue weighted by atomic mass is 16.2. The van der Waals surface area contributed by atoms with E-state index in [9.17, 15) is 4.79 Å². The molecule has 102 valence electrons. The minimum Gasteiger partial charge on any atom is -0.331 e. The van der Waals surface area contributed by atoms with Gasteiger partial charge in [0.05, 0.1) is 6.54 Å². The van der Waals surface area contributed by atoms with E-state index < -0.39 is 0 Å². The highest BCUT2D eigenvalue weighted by Gasteiger charge is 2.13. The standard InChI is InChI=1S/C12H23N5O/c1-6-17(7-2)12(18)13-8-10-14-15-11(9(3)4)16(10)5/h9H,6-8H2,1-5H3,(H,13,18). The summed E-state index contributed by atoms with van der Waals surface area (Å²) in [5, 5.41) is 11.1. The van der Waals surface area contributed by atoms with Crippen LogP contribution in [0.1, 0.15) is 45.3 Å². The normalized spacial score (nSPS) is 10.8. The second kappa shape index (κ2) is 6.37. The van der Waals surface area contributed by atoms with Crippen molar-refractivity contribution >= 4 is 6.03 Å². The van der Waals surface area contributed by atoms with Crippen molar-refractivity contribution in [2.45, 2.75) is 40.2 Å². The molecule has 18 heavy (non-hydrogen) atoms. The molecule has 6 nitrogen and oxygen atoms in total. The second-order valence-corrected chi connectivity index (χ2v) is 4.52. The van der Waals surface area contributed by atoms with Gasteiger partial charge >= 0.3 is 6.03 Å². The predicted octanol–water partition coefficient (Wildman–Crippen LogP) is 1.49. The lowest BCUT2D eigenvalue weighted by molar-refractivity contribution is 0.202. The summed E-state index contributed by atoms with van der Waals surface area (Å²) in [6.07, 6.45) is 0. The third kappa shape index (κ3) is 3.21. The molecule has 0 fully saturated rings. The molecule has 0 saturated heterocycles. The number of hydrogen-bond donors (Lipinski definition) is 1. The molecule has 1 N–H and O–H groups in total. The van der Waals surface area contributed by atoms with Crippen molar-refractivity contribution in [2.75, 3.05) is 13.1 Å². The summed E-state index contributed by atoms with van der Waals surface area (Å²) in [6.45, 7) is 9.89. The monoisotopic (exact) mass is 253 g/mol. The van der Waals surface area contributed by atoms with Crippen LogP contribution < -0.4 is 5.32 Å². The molecule has 0 saturated carbocycles. The quantitative estimate of drug-likeness (QED) is 0.864. The molecule has 1 aromatic rings. The number of amides is 2. The first-order valence-electron chi connectivity index (χ1n) is 6.42. The van der Waals surface area contributed by atoms with Gasteiger partial charge in [-0.25, -0.2) is 4.79 Å². The van der Waals surface area contributed by atoms with Gasteiger partial charge in [0.25, 0.3) is 0 Å². The molecule has 0 aromatic carbocycles. The molecule has 6 heteroatoms. The fourth-order valence-electron chi connectivity index (χ4n) is 1.81. The van der Waals surface area contributed by atoms with Crippen molar-refractivity contribution in [1.82, 2.24) is 25.0 Å². The Morgan fingerprint density at radius 3 is 2.39 bits per heavy atom. The first-order chi connectivity index (χ1) is 8.51. The summed E-state index contributed by atoms with van der Waals surface area (Å²) in [7, 11) is 1.92. The van der Waals surface area contributed by atoms with Gasteiger partial charge in [-0.05, 0) is 13.8 Å². The van der Waals surface area contributed by atoms with Crippen molar-refractivity contribution in [3.63, 3.8) is 0 Å². The van der Waals surface area contributed by atoms with E-state index in [0.29, 0.717) is 25.6 Å². The molecule has 0 aliphatic carbocycles. The first kappa shape index (κ1) is 14.5. The van der Waals surface area contributed by atoms with Crippen LogP contribution in [0, 0.1) is 0 Å². The van der Waals surface area contributed by atoms with Crippen molar-refractivity contribution in [2.24, 2.45) is 7.05 Å². The van der Waals surface area contributed by atoms with Gasteiger partial charge < -0.3 is 14.8 Å². The van der Waals surface area contributed by atoms with Crippen LogP contribution in [0.15, 0.2) is 0 Å². The topological polar surface area (TPSA) is 63.1 Å². The van der Waals surface area contributed by atoms with E-state index in [1.54, 1.807) is 4.90 Å². The number of hydrogen-bond acceptors (Lipinski definition) is 3. The van der Waals surface area contributed by atoms with E-state index in [-0.39, 0.29) is 6.03 Å². The summed E-state index contributed by atoms with van der Waals surface area (Å²) >= 11 is 0.